The van der Waals surface area contributed by atoms with Gasteiger partial charge in [0, 0.05) is 24.6 Å². The predicted molar refractivity (Wildman–Crippen MR) is 83.7 cm³/mol. The minimum Gasteiger partial charge on any atom is -0.381 e. The molecule has 1 aliphatic rings. The zero-order chi connectivity index (χ0) is 14.2. The van der Waals surface area contributed by atoms with Gasteiger partial charge < -0.3 is 9.30 Å². The molecule has 21 heavy (non-hydrogen) atoms. The molecule has 3 aromatic rings. The topological polar surface area (TPSA) is 39.9 Å². The van der Waals surface area contributed by atoms with Gasteiger partial charge in [0.05, 0.1) is 23.1 Å². The summed E-state index contributed by atoms with van der Waals surface area (Å²) >= 11 is 6.14. The van der Waals surface area contributed by atoms with Gasteiger partial charge in [0.2, 0.25) is 0 Å². The first kappa shape index (κ1) is 13.0. The van der Waals surface area contributed by atoms with Crippen molar-refractivity contribution in [3.05, 3.63) is 36.3 Å². The molecule has 0 atom stereocenters. The number of imidazole rings is 1. The molecule has 5 heteroatoms. The Morgan fingerprint density at radius 1 is 1.19 bits per heavy atom. The third-order valence-corrected chi connectivity index (χ3v) is 4.41. The van der Waals surface area contributed by atoms with Crippen LogP contribution in [0.4, 0.5) is 0 Å². The van der Waals surface area contributed by atoms with Gasteiger partial charge in [-0.05, 0) is 18.9 Å². The van der Waals surface area contributed by atoms with Crippen molar-refractivity contribution in [1.29, 1.82) is 0 Å². The molecule has 0 saturated carbocycles. The first-order valence-electron chi connectivity index (χ1n) is 7.27. The van der Waals surface area contributed by atoms with Gasteiger partial charge in [-0.1, -0.05) is 18.2 Å². The van der Waals surface area contributed by atoms with Gasteiger partial charge in [-0.3, -0.25) is 4.98 Å². The van der Waals surface area contributed by atoms with Crippen molar-refractivity contribution in [2.24, 2.45) is 0 Å². The monoisotopic (exact) mass is 301 g/mol. The molecule has 0 radical (unpaired) electrons. The van der Waals surface area contributed by atoms with E-state index in [-0.39, 0.29) is 0 Å². The Morgan fingerprint density at radius 2 is 2.00 bits per heavy atom. The summed E-state index contributed by atoms with van der Waals surface area (Å²) in [5.74, 6) is 1.34. The highest BCUT2D eigenvalue weighted by Crippen LogP contribution is 2.32. The molecular formula is C16H16ClN3O. The number of hydrogen-bond donors (Lipinski definition) is 0. The van der Waals surface area contributed by atoms with Crippen LogP contribution in [0.25, 0.3) is 21.9 Å². The Morgan fingerprint density at radius 3 is 2.81 bits per heavy atom. The van der Waals surface area contributed by atoms with E-state index in [1.54, 1.807) is 0 Å². The summed E-state index contributed by atoms with van der Waals surface area (Å²) in [6, 6.07) is 8.61. The van der Waals surface area contributed by atoms with E-state index < -0.39 is 0 Å². The molecule has 2 aromatic heterocycles. The van der Waals surface area contributed by atoms with Crippen LogP contribution in [-0.2, 0) is 10.6 Å². The third kappa shape index (κ3) is 2.10. The van der Waals surface area contributed by atoms with Crippen molar-refractivity contribution in [3.8, 4) is 0 Å². The standard InChI is InChI=1S/C16H16ClN3O/c17-9-15-19-14-10-18-13-4-2-1-3-12(13)16(14)20(15)11-5-7-21-8-6-11/h1-4,10-11H,5-9H2. The fourth-order valence-electron chi connectivity index (χ4n) is 3.20. The van der Waals surface area contributed by atoms with Gasteiger partial charge in [0.15, 0.2) is 0 Å². The molecule has 1 aliphatic heterocycles. The van der Waals surface area contributed by atoms with Crippen LogP contribution in [0, 0.1) is 0 Å². The number of alkyl halides is 1. The third-order valence-electron chi connectivity index (χ3n) is 4.17. The first-order chi connectivity index (χ1) is 10.4. The molecule has 0 aliphatic carbocycles. The van der Waals surface area contributed by atoms with E-state index >= 15 is 0 Å². The minimum atomic E-state index is 0.406. The molecular weight excluding hydrogens is 286 g/mol. The molecule has 3 heterocycles. The SMILES string of the molecule is ClCc1nc2cnc3ccccc3c2n1C1CCOCC1. The number of benzene rings is 1. The van der Waals surface area contributed by atoms with Crippen molar-refractivity contribution in [1.82, 2.24) is 14.5 Å². The molecule has 1 saturated heterocycles. The van der Waals surface area contributed by atoms with Crippen molar-refractivity contribution >= 4 is 33.5 Å². The number of halogens is 1. The highest BCUT2D eigenvalue weighted by molar-refractivity contribution is 6.17. The lowest BCUT2D eigenvalue weighted by molar-refractivity contribution is 0.0701. The maximum Gasteiger partial charge on any atom is 0.125 e. The van der Waals surface area contributed by atoms with Crippen LogP contribution in [0.5, 0.6) is 0 Å². The lowest BCUT2D eigenvalue weighted by Gasteiger charge is -2.25. The number of aromatic nitrogens is 3. The second-order valence-electron chi connectivity index (χ2n) is 5.38. The quantitative estimate of drug-likeness (QED) is 0.678. The molecule has 4 rings (SSSR count). The zero-order valence-corrected chi connectivity index (χ0v) is 12.4. The van der Waals surface area contributed by atoms with Gasteiger partial charge in [-0.2, -0.15) is 0 Å². The van der Waals surface area contributed by atoms with Crippen molar-refractivity contribution in [3.63, 3.8) is 0 Å². The molecule has 1 aromatic carbocycles. The molecule has 0 amide bonds. The number of fused-ring (bicyclic) bond motifs is 3. The summed E-state index contributed by atoms with van der Waals surface area (Å²) in [7, 11) is 0. The fraction of sp³-hybridized carbons (Fsp3) is 0.375. The van der Waals surface area contributed by atoms with Crippen LogP contribution < -0.4 is 0 Å². The number of rotatable bonds is 2. The van der Waals surface area contributed by atoms with E-state index in [1.165, 1.54) is 0 Å². The summed E-state index contributed by atoms with van der Waals surface area (Å²) in [6.07, 6.45) is 3.86. The Bertz CT molecular complexity index is 793. The van der Waals surface area contributed by atoms with Crippen LogP contribution in [0.1, 0.15) is 24.7 Å². The van der Waals surface area contributed by atoms with Crippen LogP contribution >= 0.6 is 11.6 Å². The molecule has 0 N–H and O–H groups in total. The van der Waals surface area contributed by atoms with E-state index in [2.05, 4.69) is 20.6 Å². The molecule has 1 fully saturated rings. The van der Waals surface area contributed by atoms with E-state index in [0.717, 1.165) is 53.8 Å². The van der Waals surface area contributed by atoms with E-state index in [9.17, 15) is 0 Å². The highest BCUT2D eigenvalue weighted by atomic mass is 35.5. The number of para-hydroxylation sites is 1. The van der Waals surface area contributed by atoms with E-state index in [4.69, 9.17) is 16.3 Å². The maximum absolute atomic E-state index is 6.14. The lowest BCUT2D eigenvalue weighted by Crippen LogP contribution is -2.21. The minimum absolute atomic E-state index is 0.406. The molecule has 0 spiro atoms. The van der Waals surface area contributed by atoms with Crippen LogP contribution in [-0.4, -0.2) is 27.7 Å². The summed E-state index contributed by atoms with van der Waals surface area (Å²) in [5, 5.41) is 1.14. The molecule has 4 nitrogen and oxygen atoms in total. The summed E-state index contributed by atoms with van der Waals surface area (Å²) in [6.45, 7) is 1.60. The van der Waals surface area contributed by atoms with Gasteiger partial charge in [0.25, 0.3) is 0 Å². The second-order valence-corrected chi connectivity index (χ2v) is 5.65. The summed E-state index contributed by atoms with van der Waals surface area (Å²) in [5.41, 5.74) is 3.08. The van der Waals surface area contributed by atoms with Crippen LogP contribution in [0.2, 0.25) is 0 Å². The number of hydrogen-bond acceptors (Lipinski definition) is 3. The Labute approximate surface area is 127 Å². The molecule has 0 bridgehead atoms. The Kier molecular flexibility index (Phi) is 3.28. The van der Waals surface area contributed by atoms with E-state index in [1.807, 2.05) is 24.4 Å². The van der Waals surface area contributed by atoms with Gasteiger partial charge in [0.1, 0.15) is 11.3 Å². The zero-order valence-electron chi connectivity index (χ0n) is 11.6. The summed E-state index contributed by atoms with van der Waals surface area (Å²) < 4.78 is 7.81. The number of ether oxygens (including phenoxy) is 1. The average molecular weight is 302 g/mol. The lowest BCUT2D eigenvalue weighted by atomic mass is 10.1. The van der Waals surface area contributed by atoms with Crippen LogP contribution in [0.15, 0.2) is 30.5 Å². The first-order valence-corrected chi connectivity index (χ1v) is 7.80. The van der Waals surface area contributed by atoms with Crippen molar-refractivity contribution in [2.75, 3.05) is 13.2 Å². The Balaban J connectivity index is 2.03. The van der Waals surface area contributed by atoms with Crippen LogP contribution in [0.3, 0.4) is 0 Å². The average Bonchev–Trinajstić information content (AvgIpc) is 2.94. The Hall–Kier alpha value is -1.65. The normalized spacial score (nSPS) is 16.8. The second kappa shape index (κ2) is 5.28. The largest absolute Gasteiger partial charge is 0.381 e. The maximum atomic E-state index is 6.14. The van der Waals surface area contributed by atoms with Gasteiger partial charge in [-0.25, -0.2) is 4.98 Å². The number of pyridine rings is 1. The van der Waals surface area contributed by atoms with Gasteiger partial charge in [-0.15, -0.1) is 11.6 Å². The highest BCUT2D eigenvalue weighted by Gasteiger charge is 2.22. The van der Waals surface area contributed by atoms with E-state index in [0.29, 0.717) is 11.9 Å². The molecule has 108 valence electrons. The number of nitrogens with zero attached hydrogens (tertiary/aromatic N) is 3. The summed E-state index contributed by atoms with van der Waals surface area (Å²) in [4.78, 5) is 9.18. The van der Waals surface area contributed by atoms with Gasteiger partial charge >= 0.3 is 0 Å². The molecule has 0 unspecified atom stereocenters. The fourth-order valence-corrected chi connectivity index (χ4v) is 3.39. The van der Waals surface area contributed by atoms with Crippen molar-refractivity contribution in [2.45, 2.75) is 24.8 Å². The smallest absolute Gasteiger partial charge is 0.125 e. The van der Waals surface area contributed by atoms with Crippen molar-refractivity contribution < 1.29 is 4.74 Å². The predicted octanol–water partition coefficient (Wildman–Crippen LogP) is 3.67.